The zero-order valence-electron chi connectivity index (χ0n) is 20.8. The number of rotatable bonds is 7. The summed E-state index contributed by atoms with van der Waals surface area (Å²) in [4.78, 5) is 22.7. The number of hydrogen-bond donors (Lipinski definition) is 3. The van der Waals surface area contributed by atoms with Gasteiger partial charge >= 0.3 is 12.1 Å². The summed E-state index contributed by atoms with van der Waals surface area (Å²) in [6.45, 7) is 5.87. The van der Waals surface area contributed by atoms with Crippen LogP contribution in [0.1, 0.15) is 97.0 Å². The second-order valence-electron chi connectivity index (χ2n) is 10.7. The van der Waals surface area contributed by atoms with Crippen LogP contribution in [0.3, 0.4) is 0 Å². The van der Waals surface area contributed by atoms with E-state index in [1.807, 2.05) is 51.1 Å². The molecule has 0 spiro atoms. The second kappa shape index (κ2) is 14.2. The highest BCUT2D eigenvalue weighted by atomic mass is 16.5. The molecule has 1 atom stereocenters. The van der Waals surface area contributed by atoms with Gasteiger partial charge in [-0.3, -0.25) is 0 Å². The zero-order chi connectivity index (χ0) is 24.1. The summed E-state index contributed by atoms with van der Waals surface area (Å²) in [5, 5.41) is 15.3. The number of nitrogens with one attached hydrogen (secondary N) is 2. The van der Waals surface area contributed by atoms with E-state index in [0.717, 1.165) is 17.6 Å². The highest BCUT2D eigenvalue weighted by Gasteiger charge is 2.26. The number of carbonyl (C=O) groups excluding carboxylic acids is 1. The molecule has 0 bridgehead atoms. The van der Waals surface area contributed by atoms with Crippen LogP contribution in [0.15, 0.2) is 30.3 Å². The second-order valence-corrected chi connectivity index (χ2v) is 10.7. The largest absolute Gasteiger partial charge is 0.480 e. The normalized spacial score (nSPS) is 18.5. The SMILES string of the molecule is C1CCC(NC2CCCCC2)CC1.CC(C)(C)C[C@@H](NC(=O)OCc1ccccc1)C(=O)O. The van der Waals surface area contributed by atoms with Crippen LogP contribution in [0, 0.1) is 5.41 Å². The third-order valence-electron chi connectivity index (χ3n) is 6.30. The smallest absolute Gasteiger partial charge is 0.408 e. The van der Waals surface area contributed by atoms with Crippen molar-refractivity contribution in [1.29, 1.82) is 0 Å². The molecule has 0 aliphatic heterocycles. The summed E-state index contributed by atoms with van der Waals surface area (Å²) in [6, 6.07) is 10.0. The van der Waals surface area contributed by atoms with Crippen molar-refractivity contribution in [3.05, 3.63) is 35.9 Å². The van der Waals surface area contributed by atoms with Crippen LogP contribution in [0.5, 0.6) is 0 Å². The average Bonchev–Trinajstić information content (AvgIpc) is 2.79. The zero-order valence-corrected chi connectivity index (χ0v) is 20.8. The molecule has 2 aliphatic rings. The number of carboxylic acid groups (broad SMARTS) is 1. The first-order chi connectivity index (χ1) is 15.7. The van der Waals surface area contributed by atoms with Crippen LogP contribution in [0.4, 0.5) is 4.79 Å². The van der Waals surface area contributed by atoms with E-state index in [9.17, 15) is 9.59 Å². The Morgan fingerprint density at radius 3 is 1.91 bits per heavy atom. The molecule has 2 fully saturated rings. The first kappa shape index (κ1) is 27.2. The number of ether oxygens (including phenoxy) is 1. The van der Waals surface area contributed by atoms with Crippen LogP contribution in [-0.4, -0.2) is 35.3 Å². The number of amides is 1. The third kappa shape index (κ3) is 12.1. The third-order valence-corrected chi connectivity index (χ3v) is 6.30. The van der Waals surface area contributed by atoms with Crippen molar-refractivity contribution in [2.24, 2.45) is 5.41 Å². The van der Waals surface area contributed by atoms with Gasteiger partial charge in [-0.2, -0.15) is 0 Å². The summed E-state index contributed by atoms with van der Waals surface area (Å²) in [5.74, 6) is -1.06. The van der Waals surface area contributed by atoms with E-state index < -0.39 is 18.1 Å². The Morgan fingerprint density at radius 1 is 0.939 bits per heavy atom. The van der Waals surface area contributed by atoms with Crippen LogP contribution < -0.4 is 10.6 Å². The number of alkyl carbamates (subject to hydrolysis) is 1. The van der Waals surface area contributed by atoms with Crippen LogP contribution >= 0.6 is 0 Å². The van der Waals surface area contributed by atoms with Gasteiger partial charge in [0, 0.05) is 12.1 Å². The first-order valence-electron chi connectivity index (χ1n) is 12.7. The standard InChI is InChI=1S/C15H21NO4.C12H23N/c1-15(2,3)9-12(13(17)18)16-14(19)20-10-11-7-5-4-6-8-11;1-3-7-11(8-4-1)13-12-9-5-2-6-10-12/h4-8,12H,9-10H2,1-3H3,(H,16,19)(H,17,18);11-13H,1-10H2/t12-;/m1./s1. The fourth-order valence-electron chi connectivity index (χ4n) is 4.59. The highest BCUT2D eigenvalue weighted by Crippen LogP contribution is 2.23. The number of benzene rings is 1. The molecule has 2 aliphatic carbocycles. The molecule has 33 heavy (non-hydrogen) atoms. The summed E-state index contributed by atoms with van der Waals surface area (Å²) in [5.41, 5.74) is 0.654. The molecule has 2 saturated carbocycles. The Morgan fingerprint density at radius 2 is 1.45 bits per heavy atom. The summed E-state index contributed by atoms with van der Waals surface area (Å²) in [7, 11) is 0. The molecule has 0 saturated heterocycles. The number of hydrogen-bond acceptors (Lipinski definition) is 4. The van der Waals surface area contributed by atoms with E-state index in [1.54, 1.807) is 0 Å². The molecule has 1 amide bonds. The topological polar surface area (TPSA) is 87.7 Å². The maximum atomic E-state index is 11.6. The predicted octanol–water partition coefficient (Wildman–Crippen LogP) is 6.04. The van der Waals surface area contributed by atoms with Crippen molar-refractivity contribution in [2.45, 2.75) is 116 Å². The lowest BCUT2D eigenvalue weighted by atomic mass is 9.88. The summed E-state index contributed by atoms with van der Waals surface area (Å²) >= 11 is 0. The molecule has 186 valence electrons. The molecule has 0 unspecified atom stereocenters. The maximum absolute atomic E-state index is 11.6. The van der Waals surface area contributed by atoms with Crippen molar-refractivity contribution in [3.63, 3.8) is 0 Å². The fourth-order valence-corrected chi connectivity index (χ4v) is 4.59. The molecule has 1 aromatic carbocycles. The number of aliphatic carboxylic acids is 1. The molecule has 6 heteroatoms. The Labute approximate surface area is 199 Å². The minimum atomic E-state index is -1.06. The van der Waals surface area contributed by atoms with E-state index in [2.05, 4.69) is 10.6 Å². The Hall–Kier alpha value is -2.08. The number of carbonyl (C=O) groups is 2. The minimum absolute atomic E-state index is 0.120. The molecule has 0 aromatic heterocycles. The van der Waals surface area contributed by atoms with Gasteiger partial charge in [0.05, 0.1) is 0 Å². The van der Waals surface area contributed by atoms with Gasteiger partial charge in [0.1, 0.15) is 12.6 Å². The fraction of sp³-hybridized carbons (Fsp3) is 0.704. The van der Waals surface area contributed by atoms with Gasteiger partial charge in [-0.05, 0) is 43.1 Å². The van der Waals surface area contributed by atoms with E-state index >= 15 is 0 Å². The van der Waals surface area contributed by atoms with Gasteiger partial charge in [0.2, 0.25) is 0 Å². The molecule has 0 radical (unpaired) electrons. The van der Waals surface area contributed by atoms with Crippen LogP contribution in [-0.2, 0) is 16.1 Å². The maximum Gasteiger partial charge on any atom is 0.408 e. The average molecular weight is 461 g/mol. The Bertz CT molecular complexity index is 674. The molecule has 1 aromatic rings. The van der Waals surface area contributed by atoms with Crippen molar-refractivity contribution in [2.75, 3.05) is 0 Å². The lowest BCUT2D eigenvalue weighted by Crippen LogP contribution is -2.43. The first-order valence-corrected chi connectivity index (χ1v) is 12.7. The van der Waals surface area contributed by atoms with E-state index in [4.69, 9.17) is 9.84 Å². The molecule has 3 N–H and O–H groups in total. The van der Waals surface area contributed by atoms with Gasteiger partial charge < -0.3 is 20.5 Å². The van der Waals surface area contributed by atoms with Crippen LogP contribution in [0.25, 0.3) is 0 Å². The van der Waals surface area contributed by atoms with Crippen molar-refractivity contribution in [3.8, 4) is 0 Å². The monoisotopic (exact) mass is 460 g/mol. The minimum Gasteiger partial charge on any atom is -0.480 e. The molecule has 3 rings (SSSR count). The van der Waals surface area contributed by atoms with Gasteiger partial charge in [-0.1, -0.05) is 89.6 Å². The van der Waals surface area contributed by atoms with E-state index in [0.29, 0.717) is 6.42 Å². The summed E-state index contributed by atoms with van der Waals surface area (Å²) < 4.78 is 5.01. The lowest BCUT2D eigenvalue weighted by molar-refractivity contribution is -0.140. The molecular weight excluding hydrogens is 416 g/mol. The quantitative estimate of drug-likeness (QED) is 0.461. The molecule has 6 nitrogen and oxygen atoms in total. The van der Waals surface area contributed by atoms with Crippen LogP contribution in [0.2, 0.25) is 0 Å². The van der Waals surface area contributed by atoms with Gasteiger partial charge in [0.15, 0.2) is 0 Å². The summed E-state index contributed by atoms with van der Waals surface area (Å²) in [6.07, 6.45) is 14.2. The van der Waals surface area contributed by atoms with Crippen molar-refractivity contribution >= 4 is 12.1 Å². The predicted molar refractivity (Wildman–Crippen MR) is 132 cm³/mol. The molecule has 0 heterocycles. The van der Waals surface area contributed by atoms with E-state index in [1.165, 1.54) is 64.2 Å². The van der Waals surface area contributed by atoms with Gasteiger partial charge in [-0.25, -0.2) is 9.59 Å². The number of carboxylic acids is 1. The van der Waals surface area contributed by atoms with Crippen molar-refractivity contribution in [1.82, 2.24) is 10.6 Å². The van der Waals surface area contributed by atoms with Crippen molar-refractivity contribution < 1.29 is 19.4 Å². The van der Waals surface area contributed by atoms with Gasteiger partial charge in [0.25, 0.3) is 0 Å². The Balaban J connectivity index is 0.000000254. The molecular formula is C27H44N2O4. The lowest BCUT2D eigenvalue weighted by Gasteiger charge is -2.30. The Kier molecular flexibility index (Phi) is 11.7. The van der Waals surface area contributed by atoms with E-state index in [-0.39, 0.29) is 12.0 Å². The van der Waals surface area contributed by atoms with Gasteiger partial charge in [-0.15, -0.1) is 0 Å². The highest BCUT2D eigenvalue weighted by molar-refractivity contribution is 5.79.